The molecule has 2 heteroatoms. The SMILES string of the molecule is CCNC1CCC(C)c2ccc(OCC)cc21. The van der Waals surface area contributed by atoms with Gasteiger partial charge in [-0.25, -0.2) is 0 Å². The van der Waals surface area contributed by atoms with Crippen LogP contribution in [0.25, 0.3) is 0 Å². The molecule has 1 N–H and O–H groups in total. The van der Waals surface area contributed by atoms with Crippen LogP contribution in [0.15, 0.2) is 18.2 Å². The third-order valence-electron chi connectivity index (χ3n) is 3.61. The number of ether oxygens (including phenoxy) is 1. The molecule has 17 heavy (non-hydrogen) atoms. The van der Waals surface area contributed by atoms with Gasteiger partial charge in [0.05, 0.1) is 6.61 Å². The van der Waals surface area contributed by atoms with Crippen molar-refractivity contribution < 1.29 is 4.74 Å². The van der Waals surface area contributed by atoms with Gasteiger partial charge in [0.25, 0.3) is 0 Å². The number of fused-ring (bicyclic) bond motifs is 1. The van der Waals surface area contributed by atoms with E-state index in [1.807, 2.05) is 6.92 Å². The van der Waals surface area contributed by atoms with Crippen molar-refractivity contribution in [2.45, 2.75) is 45.6 Å². The van der Waals surface area contributed by atoms with Crippen LogP contribution in [0.3, 0.4) is 0 Å². The van der Waals surface area contributed by atoms with E-state index in [1.54, 1.807) is 0 Å². The zero-order valence-corrected chi connectivity index (χ0v) is 11.1. The predicted octanol–water partition coefficient (Wildman–Crippen LogP) is 3.63. The maximum atomic E-state index is 5.61. The highest BCUT2D eigenvalue weighted by atomic mass is 16.5. The van der Waals surface area contributed by atoms with Gasteiger partial charge in [-0.3, -0.25) is 0 Å². The lowest BCUT2D eigenvalue weighted by Gasteiger charge is -2.30. The fraction of sp³-hybridized carbons (Fsp3) is 0.600. The second-order valence-electron chi connectivity index (χ2n) is 4.81. The maximum Gasteiger partial charge on any atom is 0.119 e. The first-order valence-electron chi connectivity index (χ1n) is 6.76. The Labute approximate surface area is 104 Å². The zero-order chi connectivity index (χ0) is 12.3. The minimum atomic E-state index is 0.506. The van der Waals surface area contributed by atoms with Crippen molar-refractivity contribution in [2.75, 3.05) is 13.2 Å². The van der Waals surface area contributed by atoms with Crippen LogP contribution in [-0.4, -0.2) is 13.2 Å². The lowest BCUT2D eigenvalue weighted by Crippen LogP contribution is -2.26. The lowest BCUT2D eigenvalue weighted by molar-refractivity contribution is 0.338. The molecule has 1 aliphatic carbocycles. The summed E-state index contributed by atoms with van der Waals surface area (Å²) in [6, 6.07) is 7.08. The first-order chi connectivity index (χ1) is 8.26. The van der Waals surface area contributed by atoms with Crippen LogP contribution in [0.5, 0.6) is 5.75 Å². The van der Waals surface area contributed by atoms with Gasteiger partial charge in [0, 0.05) is 6.04 Å². The monoisotopic (exact) mass is 233 g/mol. The number of hydrogen-bond acceptors (Lipinski definition) is 2. The highest BCUT2D eigenvalue weighted by Crippen LogP contribution is 2.38. The van der Waals surface area contributed by atoms with Gasteiger partial charge in [0.15, 0.2) is 0 Å². The zero-order valence-electron chi connectivity index (χ0n) is 11.1. The van der Waals surface area contributed by atoms with E-state index in [0.717, 1.165) is 18.9 Å². The van der Waals surface area contributed by atoms with Crippen molar-refractivity contribution in [3.63, 3.8) is 0 Å². The number of rotatable bonds is 4. The van der Waals surface area contributed by atoms with E-state index in [4.69, 9.17) is 4.74 Å². The molecule has 2 nitrogen and oxygen atoms in total. The molecule has 0 heterocycles. The average Bonchev–Trinajstić information content (AvgIpc) is 2.33. The minimum Gasteiger partial charge on any atom is -0.494 e. The van der Waals surface area contributed by atoms with Crippen LogP contribution in [-0.2, 0) is 0 Å². The van der Waals surface area contributed by atoms with E-state index in [-0.39, 0.29) is 0 Å². The van der Waals surface area contributed by atoms with Gasteiger partial charge in [-0.05, 0) is 55.5 Å². The maximum absolute atomic E-state index is 5.61. The first-order valence-corrected chi connectivity index (χ1v) is 6.76. The third-order valence-corrected chi connectivity index (χ3v) is 3.61. The molecule has 2 atom stereocenters. The standard InChI is InChI=1S/C15H23NO/c1-4-16-15-9-6-11(3)13-8-7-12(17-5-2)10-14(13)15/h7-8,10-11,15-16H,4-6,9H2,1-3H3. The molecule has 1 aliphatic rings. The van der Waals surface area contributed by atoms with Crippen LogP contribution < -0.4 is 10.1 Å². The Balaban J connectivity index is 2.31. The fourth-order valence-corrected chi connectivity index (χ4v) is 2.75. The number of benzene rings is 1. The molecule has 94 valence electrons. The summed E-state index contributed by atoms with van der Waals surface area (Å²) in [7, 11) is 0. The highest BCUT2D eigenvalue weighted by molar-refractivity contribution is 5.41. The molecular formula is C15H23NO. The summed E-state index contributed by atoms with van der Waals surface area (Å²) < 4.78 is 5.61. The summed E-state index contributed by atoms with van der Waals surface area (Å²) in [6.07, 6.45) is 2.51. The molecule has 2 rings (SSSR count). The highest BCUT2D eigenvalue weighted by Gasteiger charge is 2.24. The van der Waals surface area contributed by atoms with E-state index >= 15 is 0 Å². The normalized spacial score (nSPS) is 23.2. The Hall–Kier alpha value is -1.02. The van der Waals surface area contributed by atoms with Gasteiger partial charge in [-0.1, -0.05) is 19.9 Å². The molecule has 1 aromatic rings. The lowest BCUT2D eigenvalue weighted by atomic mass is 9.81. The second-order valence-corrected chi connectivity index (χ2v) is 4.81. The first kappa shape index (κ1) is 12.4. The third kappa shape index (κ3) is 2.63. The van der Waals surface area contributed by atoms with Gasteiger partial charge in [-0.15, -0.1) is 0 Å². The summed E-state index contributed by atoms with van der Waals surface area (Å²) in [4.78, 5) is 0. The molecule has 0 bridgehead atoms. The Morgan fingerprint density at radius 3 is 2.76 bits per heavy atom. The van der Waals surface area contributed by atoms with Crippen LogP contribution in [0.1, 0.15) is 56.7 Å². The van der Waals surface area contributed by atoms with Crippen molar-refractivity contribution in [1.82, 2.24) is 5.32 Å². The van der Waals surface area contributed by atoms with Crippen molar-refractivity contribution in [3.8, 4) is 5.75 Å². The summed E-state index contributed by atoms with van der Waals surface area (Å²) in [5.41, 5.74) is 2.93. The molecule has 0 fully saturated rings. The average molecular weight is 233 g/mol. The van der Waals surface area contributed by atoms with Crippen LogP contribution >= 0.6 is 0 Å². The number of hydrogen-bond donors (Lipinski definition) is 1. The van der Waals surface area contributed by atoms with Gasteiger partial charge in [0.1, 0.15) is 5.75 Å². The van der Waals surface area contributed by atoms with E-state index in [2.05, 4.69) is 37.4 Å². The molecule has 0 spiro atoms. The molecule has 0 saturated heterocycles. The quantitative estimate of drug-likeness (QED) is 0.857. The molecule has 0 saturated carbocycles. The molecular weight excluding hydrogens is 210 g/mol. The fourth-order valence-electron chi connectivity index (χ4n) is 2.75. The molecule has 0 aromatic heterocycles. The summed E-state index contributed by atoms with van der Waals surface area (Å²) in [5.74, 6) is 1.68. The van der Waals surface area contributed by atoms with Crippen molar-refractivity contribution in [2.24, 2.45) is 0 Å². The van der Waals surface area contributed by atoms with Crippen LogP contribution in [0.4, 0.5) is 0 Å². The van der Waals surface area contributed by atoms with Crippen molar-refractivity contribution in [3.05, 3.63) is 29.3 Å². The Bertz CT molecular complexity index is 375. The van der Waals surface area contributed by atoms with Crippen molar-refractivity contribution in [1.29, 1.82) is 0 Å². The predicted molar refractivity (Wildman–Crippen MR) is 71.7 cm³/mol. The summed E-state index contributed by atoms with van der Waals surface area (Å²) >= 11 is 0. The Morgan fingerprint density at radius 1 is 1.24 bits per heavy atom. The Kier molecular flexibility index (Phi) is 4.06. The van der Waals surface area contributed by atoms with Gasteiger partial charge in [-0.2, -0.15) is 0 Å². The van der Waals surface area contributed by atoms with E-state index in [9.17, 15) is 0 Å². The van der Waals surface area contributed by atoms with E-state index in [0.29, 0.717) is 12.0 Å². The summed E-state index contributed by atoms with van der Waals surface area (Å²) in [5, 5.41) is 3.57. The molecule has 0 aliphatic heterocycles. The number of nitrogens with one attached hydrogen (secondary N) is 1. The Morgan fingerprint density at radius 2 is 2.06 bits per heavy atom. The minimum absolute atomic E-state index is 0.506. The van der Waals surface area contributed by atoms with E-state index in [1.165, 1.54) is 24.0 Å². The van der Waals surface area contributed by atoms with Gasteiger partial charge >= 0.3 is 0 Å². The topological polar surface area (TPSA) is 21.3 Å². The van der Waals surface area contributed by atoms with E-state index < -0.39 is 0 Å². The largest absolute Gasteiger partial charge is 0.494 e. The van der Waals surface area contributed by atoms with Crippen LogP contribution in [0.2, 0.25) is 0 Å². The molecule has 2 unspecified atom stereocenters. The van der Waals surface area contributed by atoms with Gasteiger partial charge < -0.3 is 10.1 Å². The van der Waals surface area contributed by atoms with Crippen molar-refractivity contribution >= 4 is 0 Å². The molecule has 1 aromatic carbocycles. The second kappa shape index (κ2) is 5.54. The van der Waals surface area contributed by atoms with Crippen LogP contribution in [0, 0.1) is 0 Å². The molecule has 0 amide bonds. The summed E-state index contributed by atoms with van der Waals surface area (Å²) in [6.45, 7) is 8.28. The smallest absolute Gasteiger partial charge is 0.119 e. The molecule has 0 radical (unpaired) electrons. The van der Waals surface area contributed by atoms with Gasteiger partial charge in [0.2, 0.25) is 0 Å².